The van der Waals surface area contributed by atoms with Gasteiger partial charge in [-0.3, -0.25) is 9.59 Å². The molecule has 8 nitrogen and oxygen atoms in total. The molecule has 0 atom stereocenters. The highest BCUT2D eigenvalue weighted by Gasteiger charge is 2.08. The fourth-order valence-corrected chi connectivity index (χ4v) is 2.14. The average molecular weight is 516 g/mol. The zero-order valence-corrected chi connectivity index (χ0v) is 17.6. The van der Waals surface area contributed by atoms with E-state index >= 15 is 0 Å². The van der Waals surface area contributed by atoms with Crippen LogP contribution in [0.25, 0.3) is 0 Å². The van der Waals surface area contributed by atoms with E-state index in [1.165, 1.54) is 0 Å². The van der Waals surface area contributed by atoms with Gasteiger partial charge < -0.3 is 20.9 Å². The number of hydrogen-bond acceptors (Lipinski definition) is 6. The summed E-state index contributed by atoms with van der Waals surface area (Å²) in [4.78, 5) is 43.1. The van der Waals surface area contributed by atoms with E-state index < -0.39 is 37.0 Å². The second kappa shape index (κ2) is 11.9. The highest BCUT2D eigenvalue weighted by Crippen LogP contribution is 2.12. The van der Waals surface area contributed by atoms with E-state index in [2.05, 4.69) is 41.3 Å². The van der Waals surface area contributed by atoms with Gasteiger partial charge in [0, 0.05) is 8.95 Å². The molecule has 4 N–H and O–H groups in total. The maximum atomic E-state index is 11.2. The molecular weight excluding hydrogens is 500 g/mol. The van der Waals surface area contributed by atoms with Crippen LogP contribution in [0.15, 0.2) is 57.5 Å². The molecule has 0 aliphatic heterocycles. The number of nitrogens with two attached hydrogens (primary N) is 2. The van der Waals surface area contributed by atoms with Crippen molar-refractivity contribution in [2.45, 2.75) is 0 Å². The molecule has 10 heteroatoms. The minimum Gasteiger partial charge on any atom is -0.452 e. The van der Waals surface area contributed by atoms with Gasteiger partial charge in [0.05, 0.1) is 11.1 Å². The highest BCUT2D eigenvalue weighted by atomic mass is 79.9. The lowest BCUT2D eigenvalue weighted by Gasteiger charge is -2.01. The molecule has 0 aliphatic carbocycles. The van der Waals surface area contributed by atoms with Gasteiger partial charge in [-0.05, 0) is 48.5 Å². The van der Waals surface area contributed by atoms with Crippen molar-refractivity contribution in [2.24, 2.45) is 11.5 Å². The van der Waals surface area contributed by atoms with Gasteiger partial charge in [-0.2, -0.15) is 0 Å². The maximum absolute atomic E-state index is 11.2. The number of benzene rings is 2. The quantitative estimate of drug-likeness (QED) is 0.565. The van der Waals surface area contributed by atoms with Crippen LogP contribution in [0.5, 0.6) is 0 Å². The Labute approximate surface area is 177 Å². The molecule has 0 heterocycles. The van der Waals surface area contributed by atoms with Crippen molar-refractivity contribution >= 4 is 55.6 Å². The lowest BCUT2D eigenvalue weighted by molar-refractivity contribution is -0.121. The van der Waals surface area contributed by atoms with Crippen molar-refractivity contribution in [1.82, 2.24) is 0 Å². The lowest BCUT2D eigenvalue weighted by Crippen LogP contribution is -2.20. The Bertz CT molecular complexity index is 767. The first kappa shape index (κ1) is 23.3. The van der Waals surface area contributed by atoms with E-state index in [1.807, 2.05) is 0 Å². The molecule has 0 radical (unpaired) electrons. The first-order valence-electron chi connectivity index (χ1n) is 7.61. The largest absolute Gasteiger partial charge is 0.452 e. The minimum atomic E-state index is -0.671. The molecular formula is C18H16Br2N2O6. The van der Waals surface area contributed by atoms with E-state index in [-0.39, 0.29) is 0 Å². The van der Waals surface area contributed by atoms with Gasteiger partial charge in [-0.15, -0.1) is 0 Å². The third kappa shape index (κ3) is 9.28. The molecule has 0 aliphatic rings. The molecule has 2 rings (SSSR count). The first-order valence-corrected chi connectivity index (χ1v) is 9.19. The number of esters is 2. The lowest BCUT2D eigenvalue weighted by atomic mass is 10.2. The van der Waals surface area contributed by atoms with Gasteiger partial charge in [-0.25, -0.2) is 9.59 Å². The standard InChI is InChI=1S/2C9H8BrNO3/c2*10-7-3-1-6(2-4-7)9(13)14-5-8(11)12/h2*1-4H,5H2,(H2,11,12). The van der Waals surface area contributed by atoms with Crippen LogP contribution in [-0.2, 0) is 19.1 Å². The van der Waals surface area contributed by atoms with Crippen molar-refractivity contribution in [1.29, 1.82) is 0 Å². The fourth-order valence-electron chi connectivity index (χ4n) is 1.61. The molecule has 2 aromatic carbocycles. The smallest absolute Gasteiger partial charge is 0.338 e. The van der Waals surface area contributed by atoms with Gasteiger partial charge in [0.15, 0.2) is 13.2 Å². The summed E-state index contributed by atoms with van der Waals surface area (Å²) >= 11 is 6.46. The summed E-state index contributed by atoms with van der Waals surface area (Å²) in [6.45, 7) is -0.788. The number of carbonyl (C=O) groups excluding carboxylic acids is 4. The normalized spacial score (nSPS) is 9.50. The molecule has 0 saturated heterocycles. The van der Waals surface area contributed by atoms with Crippen LogP contribution in [0, 0.1) is 0 Å². The Morgan fingerprint density at radius 1 is 0.643 bits per heavy atom. The number of hydrogen-bond donors (Lipinski definition) is 2. The summed E-state index contributed by atoms with van der Waals surface area (Å²) in [7, 11) is 0. The van der Waals surface area contributed by atoms with Gasteiger partial charge in [-0.1, -0.05) is 31.9 Å². The third-order valence-corrected chi connectivity index (χ3v) is 3.91. The monoisotopic (exact) mass is 514 g/mol. The van der Waals surface area contributed by atoms with E-state index in [0.29, 0.717) is 11.1 Å². The summed E-state index contributed by atoms with van der Waals surface area (Å²) in [5, 5.41) is 0. The van der Waals surface area contributed by atoms with Gasteiger partial charge >= 0.3 is 11.9 Å². The third-order valence-electron chi connectivity index (χ3n) is 2.85. The first-order chi connectivity index (χ1) is 13.2. The van der Waals surface area contributed by atoms with Crippen LogP contribution < -0.4 is 11.5 Å². The minimum absolute atomic E-state index is 0.384. The van der Waals surface area contributed by atoms with Crippen molar-refractivity contribution < 1.29 is 28.7 Å². The van der Waals surface area contributed by atoms with Crippen molar-refractivity contribution in [3.63, 3.8) is 0 Å². The molecule has 0 aromatic heterocycles. The van der Waals surface area contributed by atoms with Crippen LogP contribution in [0.1, 0.15) is 20.7 Å². The molecule has 0 unspecified atom stereocenters. The SMILES string of the molecule is NC(=O)COC(=O)c1ccc(Br)cc1.NC(=O)COC(=O)c1ccc(Br)cc1. The molecule has 0 saturated carbocycles. The summed E-state index contributed by atoms with van der Waals surface area (Å²) < 4.78 is 10.9. The second-order valence-electron chi connectivity index (χ2n) is 5.10. The van der Waals surface area contributed by atoms with Gasteiger partial charge in [0.2, 0.25) is 0 Å². The molecule has 0 bridgehead atoms. The Morgan fingerprint density at radius 3 is 1.18 bits per heavy atom. The molecule has 148 valence electrons. The number of halogens is 2. The van der Waals surface area contributed by atoms with E-state index in [9.17, 15) is 19.2 Å². The summed E-state index contributed by atoms with van der Waals surface area (Å²) in [6.07, 6.45) is 0. The Morgan fingerprint density at radius 2 is 0.929 bits per heavy atom. The van der Waals surface area contributed by atoms with Crippen molar-refractivity contribution in [3.05, 3.63) is 68.6 Å². The van der Waals surface area contributed by atoms with Crippen molar-refractivity contribution in [2.75, 3.05) is 13.2 Å². The number of ether oxygens (including phenoxy) is 2. The number of primary amides is 2. The van der Waals surface area contributed by atoms with Gasteiger partial charge in [0.1, 0.15) is 0 Å². The average Bonchev–Trinajstić information content (AvgIpc) is 2.65. The number of rotatable bonds is 6. The zero-order valence-electron chi connectivity index (χ0n) is 14.4. The predicted octanol–water partition coefficient (Wildman–Crippen LogP) is 2.18. The zero-order chi connectivity index (χ0) is 21.1. The van der Waals surface area contributed by atoms with Crippen LogP contribution in [0.2, 0.25) is 0 Å². The van der Waals surface area contributed by atoms with E-state index in [0.717, 1.165) is 8.95 Å². The van der Waals surface area contributed by atoms with Gasteiger partial charge in [0.25, 0.3) is 11.8 Å². The number of amides is 2. The van der Waals surface area contributed by atoms with Crippen LogP contribution in [0.4, 0.5) is 0 Å². The molecule has 0 fully saturated rings. The Hall–Kier alpha value is -2.72. The summed E-state index contributed by atoms with van der Waals surface area (Å²) in [5.74, 6) is -2.46. The van der Waals surface area contributed by atoms with Crippen LogP contribution in [0.3, 0.4) is 0 Å². The van der Waals surface area contributed by atoms with E-state index in [4.69, 9.17) is 11.5 Å². The van der Waals surface area contributed by atoms with E-state index in [1.54, 1.807) is 48.5 Å². The van der Waals surface area contributed by atoms with Crippen LogP contribution >= 0.6 is 31.9 Å². The van der Waals surface area contributed by atoms with Crippen LogP contribution in [-0.4, -0.2) is 37.0 Å². The molecule has 2 amide bonds. The Balaban J connectivity index is 0.000000280. The molecule has 0 spiro atoms. The Kier molecular flexibility index (Phi) is 9.89. The predicted molar refractivity (Wildman–Crippen MR) is 107 cm³/mol. The number of carbonyl (C=O) groups is 4. The fraction of sp³-hybridized carbons (Fsp3) is 0.111. The molecule has 28 heavy (non-hydrogen) atoms. The summed E-state index contributed by atoms with van der Waals surface area (Å²) in [5.41, 5.74) is 10.4. The van der Waals surface area contributed by atoms with Crippen molar-refractivity contribution in [3.8, 4) is 0 Å². The maximum Gasteiger partial charge on any atom is 0.338 e. The second-order valence-corrected chi connectivity index (χ2v) is 6.93. The summed E-state index contributed by atoms with van der Waals surface area (Å²) in [6, 6.07) is 13.2. The topological polar surface area (TPSA) is 139 Å². The molecule has 2 aromatic rings. The highest BCUT2D eigenvalue weighted by molar-refractivity contribution is 9.10.